The fourth-order valence-electron chi connectivity index (χ4n) is 6.75. The van der Waals surface area contributed by atoms with Gasteiger partial charge >= 0.3 is 0 Å². The van der Waals surface area contributed by atoms with E-state index in [4.69, 9.17) is 11.6 Å². The van der Waals surface area contributed by atoms with Crippen LogP contribution in [0.4, 0.5) is 4.39 Å². The maximum absolute atomic E-state index is 14.5. The standard InChI is InChI=1S/C32H29FN4O/c1-18-17-35-20(3)28(18)21-8-6-9-22(14-21)31-36-30-27(37(31)24-11-7-10-23(33)15-24)13-12-25-19(2)29(38)26(34-5)16-32(25,30)4/h6-11,14-16,19,25H,12-13,17H2,1-4H3/t19-,25-,32-/m1/s1. The Kier molecular flexibility index (Phi) is 5.57. The third kappa shape index (κ3) is 3.53. The number of allylic oxidation sites excluding steroid dienone is 3. The molecule has 1 aromatic heterocycles. The zero-order valence-electron chi connectivity index (χ0n) is 22.0. The van der Waals surface area contributed by atoms with Crippen LogP contribution < -0.4 is 0 Å². The summed E-state index contributed by atoms with van der Waals surface area (Å²) < 4.78 is 16.6. The zero-order valence-corrected chi connectivity index (χ0v) is 22.0. The Labute approximate surface area is 222 Å². The van der Waals surface area contributed by atoms with Crippen LogP contribution in [0, 0.1) is 24.2 Å². The molecule has 0 fully saturated rings. The van der Waals surface area contributed by atoms with E-state index >= 15 is 0 Å². The number of aromatic nitrogens is 2. The van der Waals surface area contributed by atoms with Crippen molar-refractivity contribution in [2.24, 2.45) is 16.8 Å². The van der Waals surface area contributed by atoms with Crippen LogP contribution in [0.1, 0.15) is 51.1 Å². The van der Waals surface area contributed by atoms with Crippen molar-refractivity contribution in [1.29, 1.82) is 0 Å². The monoisotopic (exact) mass is 504 g/mol. The van der Waals surface area contributed by atoms with Gasteiger partial charge in [0.15, 0.2) is 5.78 Å². The molecule has 190 valence electrons. The first-order valence-corrected chi connectivity index (χ1v) is 13.1. The predicted molar refractivity (Wildman–Crippen MR) is 148 cm³/mol. The molecule has 0 saturated heterocycles. The van der Waals surface area contributed by atoms with Crippen LogP contribution in [0.2, 0.25) is 0 Å². The van der Waals surface area contributed by atoms with E-state index in [9.17, 15) is 9.18 Å². The average molecular weight is 505 g/mol. The largest absolute Gasteiger partial charge is 0.308 e. The number of aliphatic imine (C=N–C) groups is 1. The number of hydrogen-bond acceptors (Lipinski definition) is 3. The maximum Gasteiger partial charge on any atom is 0.226 e. The van der Waals surface area contributed by atoms with Gasteiger partial charge in [-0.1, -0.05) is 44.2 Å². The summed E-state index contributed by atoms with van der Waals surface area (Å²) in [6.07, 6.45) is 3.34. The molecule has 2 aromatic carbocycles. The highest BCUT2D eigenvalue weighted by molar-refractivity contribution is 6.25. The molecule has 38 heavy (non-hydrogen) atoms. The predicted octanol–water partition coefficient (Wildman–Crippen LogP) is 6.77. The third-order valence-electron chi connectivity index (χ3n) is 8.59. The van der Waals surface area contributed by atoms with Gasteiger partial charge in [0.2, 0.25) is 5.70 Å². The van der Waals surface area contributed by atoms with Gasteiger partial charge in [-0.15, -0.1) is 0 Å². The van der Waals surface area contributed by atoms with Crippen molar-refractivity contribution < 1.29 is 9.18 Å². The molecule has 3 atom stereocenters. The molecule has 0 N–H and O–H groups in total. The summed E-state index contributed by atoms with van der Waals surface area (Å²) in [5.74, 6) is 0.134. The van der Waals surface area contributed by atoms with E-state index in [1.165, 1.54) is 17.7 Å². The van der Waals surface area contributed by atoms with Crippen molar-refractivity contribution in [2.75, 3.05) is 6.54 Å². The summed E-state index contributed by atoms with van der Waals surface area (Å²) in [6, 6.07) is 14.9. The van der Waals surface area contributed by atoms with Crippen molar-refractivity contribution >= 4 is 17.1 Å². The van der Waals surface area contributed by atoms with Gasteiger partial charge in [-0.2, -0.15) is 0 Å². The molecule has 0 amide bonds. The smallest absolute Gasteiger partial charge is 0.226 e. The number of Topliss-reactive ketones (excluding diaryl/α,β-unsaturated/α-hetero) is 1. The van der Waals surface area contributed by atoms with Crippen molar-refractivity contribution in [3.8, 4) is 17.1 Å². The number of hydrogen-bond donors (Lipinski definition) is 0. The molecule has 5 nitrogen and oxygen atoms in total. The molecule has 6 heteroatoms. The van der Waals surface area contributed by atoms with Crippen LogP contribution in [-0.2, 0) is 16.6 Å². The van der Waals surface area contributed by atoms with Crippen LogP contribution in [0.3, 0.4) is 0 Å². The first-order chi connectivity index (χ1) is 18.2. The fraction of sp³-hybridized carbons (Fsp3) is 0.312. The highest BCUT2D eigenvalue weighted by Gasteiger charge is 2.50. The van der Waals surface area contributed by atoms with Gasteiger partial charge in [0, 0.05) is 33.9 Å². The van der Waals surface area contributed by atoms with Gasteiger partial charge in [0.05, 0.1) is 24.5 Å². The molecule has 0 bridgehead atoms. The topological polar surface area (TPSA) is 51.6 Å². The summed E-state index contributed by atoms with van der Waals surface area (Å²) in [6.45, 7) is 16.5. The second-order valence-corrected chi connectivity index (χ2v) is 10.9. The maximum atomic E-state index is 14.5. The van der Waals surface area contributed by atoms with Gasteiger partial charge in [0.25, 0.3) is 0 Å². The van der Waals surface area contributed by atoms with E-state index < -0.39 is 5.41 Å². The number of carbonyl (C=O) groups excluding carboxylic acids is 1. The SMILES string of the molecule is [C-]#[N+]C1=C[C@@]2(C)c3nc(-c4cccc(C5=C(C)CN=C5C)c4)n(-c4cccc(F)c4)c3CC[C@@H]2[C@@H](C)C1=O. The third-order valence-corrected chi connectivity index (χ3v) is 8.59. The summed E-state index contributed by atoms with van der Waals surface area (Å²) in [4.78, 5) is 26.3. The number of benzene rings is 2. The molecular weight excluding hydrogens is 475 g/mol. The second-order valence-electron chi connectivity index (χ2n) is 10.9. The quantitative estimate of drug-likeness (QED) is 0.370. The van der Waals surface area contributed by atoms with Crippen LogP contribution in [0.15, 0.2) is 70.9 Å². The van der Waals surface area contributed by atoms with E-state index in [0.717, 1.165) is 46.0 Å². The summed E-state index contributed by atoms with van der Waals surface area (Å²) >= 11 is 0. The lowest BCUT2D eigenvalue weighted by molar-refractivity contribution is -0.121. The minimum atomic E-state index is -0.570. The van der Waals surface area contributed by atoms with Crippen molar-refractivity contribution in [1.82, 2.24) is 9.55 Å². The Hall–Kier alpha value is -4.11. The van der Waals surface area contributed by atoms with Crippen molar-refractivity contribution in [3.05, 3.63) is 100 Å². The van der Waals surface area contributed by atoms with Gasteiger partial charge in [-0.3, -0.25) is 9.56 Å². The van der Waals surface area contributed by atoms with E-state index in [-0.39, 0.29) is 29.1 Å². The lowest BCUT2D eigenvalue weighted by Gasteiger charge is -2.44. The fourth-order valence-corrected chi connectivity index (χ4v) is 6.75. The molecule has 6 rings (SSSR count). The molecule has 0 saturated carbocycles. The lowest BCUT2D eigenvalue weighted by atomic mass is 9.59. The molecule has 3 aliphatic rings. The van der Waals surface area contributed by atoms with Gasteiger partial charge in [-0.05, 0) is 68.0 Å². The second kappa shape index (κ2) is 8.73. The van der Waals surface area contributed by atoms with Crippen LogP contribution in [-0.4, -0.2) is 27.6 Å². The first-order valence-electron chi connectivity index (χ1n) is 13.1. The van der Waals surface area contributed by atoms with E-state index in [1.807, 2.05) is 38.1 Å². The van der Waals surface area contributed by atoms with Crippen molar-refractivity contribution in [3.63, 3.8) is 0 Å². The number of halogens is 1. The molecule has 2 aliphatic carbocycles. The van der Waals surface area contributed by atoms with Crippen LogP contribution >= 0.6 is 0 Å². The normalized spacial score (nSPS) is 24.5. The molecule has 0 spiro atoms. The molecule has 0 radical (unpaired) electrons. The highest BCUT2D eigenvalue weighted by atomic mass is 19.1. The van der Waals surface area contributed by atoms with Gasteiger partial charge in [-0.25, -0.2) is 14.2 Å². The summed E-state index contributed by atoms with van der Waals surface area (Å²) in [7, 11) is 0. The zero-order chi connectivity index (χ0) is 26.8. The Morgan fingerprint density at radius 3 is 2.61 bits per heavy atom. The molecule has 1 aliphatic heterocycles. The Balaban J connectivity index is 1.61. The summed E-state index contributed by atoms with van der Waals surface area (Å²) in [5, 5.41) is 0. The molecule has 3 aromatic rings. The van der Waals surface area contributed by atoms with Gasteiger partial charge in [0.1, 0.15) is 11.6 Å². The number of nitrogens with zero attached hydrogens (tertiary/aromatic N) is 4. The minimum Gasteiger partial charge on any atom is -0.308 e. The lowest BCUT2D eigenvalue weighted by Crippen LogP contribution is -2.45. The highest BCUT2D eigenvalue weighted by Crippen LogP contribution is 2.51. The number of ketones is 1. The Morgan fingerprint density at radius 1 is 1.13 bits per heavy atom. The Bertz CT molecular complexity index is 1650. The van der Waals surface area contributed by atoms with Crippen molar-refractivity contribution in [2.45, 2.75) is 46.0 Å². The Morgan fingerprint density at radius 2 is 1.89 bits per heavy atom. The van der Waals surface area contributed by atoms with E-state index in [1.54, 1.807) is 6.07 Å². The summed E-state index contributed by atoms with van der Waals surface area (Å²) in [5.41, 5.74) is 7.64. The van der Waals surface area contributed by atoms with Crippen LogP contribution in [0.25, 0.3) is 27.5 Å². The van der Waals surface area contributed by atoms with Gasteiger partial charge < -0.3 is 4.79 Å². The molecule has 0 unspecified atom stereocenters. The number of imidazole rings is 1. The van der Waals surface area contributed by atoms with E-state index in [0.29, 0.717) is 18.7 Å². The molecular formula is C32H29FN4O. The van der Waals surface area contributed by atoms with Crippen LogP contribution in [0.5, 0.6) is 0 Å². The first kappa shape index (κ1) is 24.2. The number of fused-ring (bicyclic) bond motifs is 3. The minimum absolute atomic E-state index is 0.0493. The average Bonchev–Trinajstić information content (AvgIpc) is 3.46. The number of rotatable bonds is 3. The number of carbonyl (C=O) groups is 1. The molecule has 2 heterocycles. The van der Waals surface area contributed by atoms with E-state index in [2.05, 4.69) is 40.4 Å².